The summed E-state index contributed by atoms with van der Waals surface area (Å²) < 4.78 is 0. The van der Waals surface area contributed by atoms with Crippen LogP contribution in [0.4, 0.5) is 5.69 Å². The number of hydrogen-bond donors (Lipinski definition) is 2. The highest BCUT2D eigenvalue weighted by atomic mass is 16.4. The van der Waals surface area contributed by atoms with E-state index in [-0.39, 0.29) is 11.5 Å². The van der Waals surface area contributed by atoms with E-state index in [0.717, 1.165) is 5.56 Å². The molecule has 0 saturated carbocycles. The van der Waals surface area contributed by atoms with Crippen LogP contribution >= 0.6 is 0 Å². The highest BCUT2D eigenvalue weighted by Crippen LogP contribution is 2.18. The molecule has 0 aliphatic heterocycles. The molecule has 0 spiro atoms. The number of amides is 1. The number of aryl methyl sites for hydroxylation is 2. The van der Waals surface area contributed by atoms with Gasteiger partial charge in [-0.1, -0.05) is 18.2 Å². The molecule has 0 aromatic heterocycles. The van der Waals surface area contributed by atoms with Gasteiger partial charge < -0.3 is 10.4 Å². The molecule has 20 heavy (non-hydrogen) atoms. The van der Waals surface area contributed by atoms with Gasteiger partial charge in [-0.05, 0) is 49.2 Å². The van der Waals surface area contributed by atoms with Crippen molar-refractivity contribution in [3.05, 3.63) is 64.7 Å². The molecule has 0 saturated heterocycles. The predicted octanol–water partition coefficient (Wildman–Crippen LogP) is 3.25. The molecule has 2 aromatic rings. The molecule has 0 unspecified atom stereocenters. The van der Waals surface area contributed by atoms with Gasteiger partial charge in [0.05, 0.1) is 5.56 Å². The summed E-state index contributed by atoms with van der Waals surface area (Å²) in [7, 11) is 0. The molecule has 0 heterocycles. The number of nitrogens with one attached hydrogen (secondary N) is 1. The zero-order valence-corrected chi connectivity index (χ0v) is 11.3. The van der Waals surface area contributed by atoms with Crippen LogP contribution in [0.25, 0.3) is 0 Å². The lowest BCUT2D eigenvalue weighted by Crippen LogP contribution is -2.14. The molecular formula is C16H15NO3. The number of rotatable bonds is 3. The monoisotopic (exact) mass is 269 g/mol. The quantitative estimate of drug-likeness (QED) is 0.898. The number of benzene rings is 2. The van der Waals surface area contributed by atoms with E-state index in [0.29, 0.717) is 16.8 Å². The van der Waals surface area contributed by atoms with Crippen LogP contribution in [0, 0.1) is 13.8 Å². The standard InChI is InChI=1S/C16H15NO3/c1-10-5-3-4-6-13(10)15(18)17-14-8-7-12(16(19)20)9-11(14)2/h3-9H,1-2H3,(H,17,18)(H,19,20). The van der Waals surface area contributed by atoms with Crippen molar-refractivity contribution in [2.45, 2.75) is 13.8 Å². The second kappa shape index (κ2) is 5.57. The Bertz CT molecular complexity index is 677. The highest BCUT2D eigenvalue weighted by molar-refractivity contribution is 6.05. The van der Waals surface area contributed by atoms with Gasteiger partial charge in [0, 0.05) is 11.3 Å². The Morgan fingerprint density at radius 1 is 1.00 bits per heavy atom. The summed E-state index contributed by atoms with van der Waals surface area (Å²) in [5, 5.41) is 11.7. The molecule has 2 aromatic carbocycles. The maximum atomic E-state index is 12.2. The zero-order valence-electron chi connectivity index (χ0n) is 11.3. The molecule has 0 atom stereocenters. The van der Waals surface area contributed by atoms with Crippen molar-refractivity contribution < 1.29 is 14.7 Å². The Labute approximate surface area is 117 Å². The summed E-state index contributed by atoms with van der Waals surface area (Å²) in [5.41, 5.74) is 3.03. The summed E-state index contributed by atoms with van der Waals surface area (Å²) in [6.07, 6.45) is 0. The number of carbonyl (C=O) groups excluding carboxylic acids is 1. The van der Waals surface area contributed by atoms with Gasteiger partial charge >= 0.3 is 5.97 Å². The van der Waals surface area contributed by atoms with E-state index in [1.165, 1.54) is 12.1 Å². The van der Waals surface area contributed by atoms with Crippen molar-refractivity contribution in [2.24, 2.45) is 0 Å². The Balaban J connectivity index is 2.25. The summed E-state index contributed by atoms with van der Waals surface area (Å²) in [6.45, 7) is 3.63. The number of carboxylic acid groups (broad SMARTS) is 1. The average molecular weight is 269 g/mol. The average Bonchev–Trinajstić information content (AvgIpc) is 2.41. The van der Waals surface area contributed by atoms with Gasteiger partial charge in [-0.3, -0.25) is 4.79 Å². The lowest BCUT2D eigenvalue weighted by molar-refractivity contribution is 0.0696. The van der Waals surface area contributed by atoms with Crippen LogP contribution in [0.2, 0.25) is 0 Å². The third-order valence-corrected chi connectivity index (χ3v) is 3.11. The van der Waals surface area contributed by atoms with Gasteiger partial charge in [0.2, 0.25) is 0 Å². The first-order chi connectivity index (χ1) is 9.49. The lowest BCUT2D eigenvalue weighted by atomic mass is 10.1. The maximum absolute atomic E-state index is 12.2. The first kappa shape index (κ1) is 13.8. The predicted molar refractivity (Wildman–Crippen MR) is 77.3 cm³/mol. The van der Waals surface area contributed by atoms with E-state index in [2.05, 4.69) is 5.32 Å². The highest BCUT2D eigenvalue weighted by Gasteiger charge is 2.11. The summed E-state index contributed by atoms with van der Waals surface area (Å²) in [4.78, 5) is 23.0. The third kappa shape index (κ3) is 2.85. The molecule has 4 heteroatoms. The SMILES string of the molecule is Cc1cc(C(=O)O)ccc1NC(=O)c1ccccc1C. The fourth-order valence-electron chi connectivity index (χ4n) is 1.95. The van der Waals surface area contributed by atoms with Gasteiger partial charge in [-0.2, -0.15) is 0 Å². The minimum absolute atomic E-state index is 0.200. The number of hydrogen-bond acceptors (Lipinski definition) is 2. The fourth-order valence-corrected chi connectivity index (χ4v) is 1.95. The Morgan fingerprint density at radius 3 is 2.30 bits per heavy atom. The van der Waals surface area contributed by atoms with E-state index in [9.17, 15) is 9.59 Å². The molecule has 2 N–H and O–H groups in total. The minimum atomic E-state index is -0.982. The van der Waals surface area contributed by atoms with Crippen LogP contribution in [0.15, 0.2) is 42.5 Å². The second-order valence-electron chi connectivity index (χ2n) is 4.60. The number of aromatic carboxylic acids is 1. The first-order valence-electron chi connectivity index (χ1n) is 6.20. The fraction of sp³-hybridized carbons (Fsp3) is 0.125. The van der Waals surface area contributed by atoms with Gasteiger partial charge in [-0.15, -0.1) is 0 Å². The lowest BCUT2D eigenvalue weighted by Gasteiger charge is -2.10. The Kier molecular flexibility index (Phi) is 3.84. The van der Waals surface area contributed by atoms with Gasteiger partial charge in [-0.25, -0.2) is 4.79 Å². The zero-order chi connectivity index (χ0) is 14.7. The van der Waals surface area contributed by atoms with E-state index in [4.69, 9.17) is 5.11 Å². The number of carbonyl (C=O) groups is 2. The summed E-state index contributed by atoms with van der Waals surface area (Å²) in [5.74, 6) is -1.18. The Morgan fingerprint density at radius 2 is 1.70 bits per heavy atom. The molecule has 0 radical (unpaired) electrons. The topological polar surface area (TPSA) is 66.4 Å². The summed E-state index contributed by atoms with van der Waals surface area (Å²) >= 11 is 0. The van der Waals surface area contributed by atoms with Crippen LogP contribution in [-0.2, 0) is 0 Å². The molecule has 4 nitrogen and oxygen atoms in total. The van der Waals surface area contributed by atoms with Crippen molar-refractivity contribution in [3.8, 4) is 0 Å². The first-order valence-corrected chi connectivity index (χ1v) is 6.20. The molecule has 0 aliphatic rings. The molecule has 102 valence electrons. The largest absolute Gasteiger partial charge is 0.478 e. The summed E-state index contributed by atoms with van der Waals surface area (Å²) in [6, 6.07) is 11.9. The van der Waals surface area contributed by atoms with Crippen LogP contribution in [0.1, 0.15) is 31.8 Å². The van der Waals surface area contributed by atoms with Gasteiger partial charge in [0.1, 0.15) is 0 Å². The van der Waals surface area contributed by atoms with Crippen molar-refractivity contribution in [3.63, 3.8) is 0 Å². The van der Waals surface area contributed by atoms with Crippen LogP contribution in [0.5, 0.6) is 0 Å². The van der Waals surface area contributed by atoms with E-state index in [1.54, 1.807) is 19.1 Å². The van der Waals surface area contributed by atoms with Gasteiger partial charge in [0.25, 0.3) is 5.91 Å². The van der Waals surface area contributed by atoms with Crippen molar-refractivity contribution in [2.75, 3.05) is 5.32 Å². The van der Waals surface area contributed by atoms with Gasteiger partial charge in [0.15, 0.2) is 0 Å². The molecular weight excluding hydrogens is 254 g/mol. The van der Waals surface area contributed by atoms with Crippen LogP contribution in [-0.4, -0.2) is 17.0 Å². The minimum Gasteiger partial charge on any atom is -0.478 e. The van der Waals surface area contributed by atoms with Crippen molar-refractivity contribution >= 4 is 17.6 Å². The molecule has 0 fully saturated rings. The smallest absolute Gasteiger partial charge is 0.335 e. The second-order valence-corrected chi connectivity index (χ2v) is 4.60. The molecule has 2 rings (SSSR count). The van der Waals surface area contributed by atoms with E-state index < -0.39 is 5.97 Å². The third-order valence-electron chi connectivity index (χ3n) is 3.11. The maximum Gasteiger partial charge on any atom is 0.335 e. The van der Waals surface area contributed by atoms with Crippen molar-refractivity contribution in [1.29, 1.82) is 0 Å². The van der Waals surface area contributed by atoms with E-state index >= 15 is 0 Å². The van der Waals surface area contributed by atoms with Crippen molar-refractivity contribution in [1.82, 2.24) is 0 Å². The molecule has 0 aliphatic carbocycles. The number of carboxylic acids is 1. The van der Waals surface area contributed by atoms with Crippen LogP contribution < -0.4 is 5.32 Å². The van der Waals surface area contributed by atoms with E-state index in [1.807, 2.05) is 25.1 Å². The normalized spacial score (nSPS) is 10.1. The van der Waals surface area contributed by atoms with Crippen LogP contribution in [0.3, 0.4) is 0 Å². The molecule has 0 bridgehead atoms. The number of anilines is 1. The Hall–Kier alpha value is -2.62. The molecule has 1 amide bonds.